The molecule has 2 heterocycles. The lowest BCUT2D eigenvalue weighted by molar-refractivity contribution is -0.0511. The summed E-state index contributed by atoms with van der Waals surface area (Å²) in [5.74, 6) is -0.934. The Bertz CT molecular complexity index is 1240. The number of carbonyl (C=O) groups excluding carboxylic acids is 1. The van der Waals surface area contributed by atoms with Gasteiger partial charge in [0.05, 0.1) is 13.3 Å². The number of aromatic nitrogens is 3. The minimum absolute atomic E-state index is 0.0868. The van der Waals surface area contributed by atoms with Crippen LogP contribution in [0.15, 0.2) is 73.2 Å². The molecule has 7 nitrogen and oxygen atoms in total. The maximum absolute atomic E-state index is 14.4. The van der Waals surface area contributed by atoms with Crippen LogP contribution in [0.25, 0.3) is 11.5 Å². The molecule has 0 fully saturated rings. The van der Waals surface area contributed by atoms with Crippen molar-refractivity contribution in [1.29, 1.82) is 0 Å². The van der Waals surface area contributed by atoms with Crippen LogP contribution in [0.1, 0.15) is 10.4 Å². The van der Waals surface area contributed by atoms with Gasteiger partial charge in [-0.1, -0.05) is 12.1 Å². The maximum atomic E-state index is 14.4. The van der Waals surface area contributed by atoms with Gasteiger partial charge >= 0.3 is 6.61 Å². The van der Waals surface area contributed by atoms with Crippen LogP contribution in [-0.2, 0) is 0 Å². The largest absolute Gasteiger partial charge is 0.493 e. The molecule has 0 spiro atoms. The number of methoxy groups -OCH3 is 1. The van der Waals surface area contributed by atoms with E-state index in [1.54, 1.807) is 41.2 Å². The van der Waals surface area contributed by atoms with Crippen LogP contribution in [0, 0.1) is 5.82 Å². The van der Waals surface area contributed by atoms with Gasteiger partial charge in [-0.15, -0.1) is 0 Å². The first kappa shape index (κ1) is 21.0. The summed E-state index contributed by atoms with van der Waals surface area (Å²) in [6.45, 7) is -3.06. The first-order valence-corrected chi connectivity index (χ1v) is 9.38. The highest BCUT2D eigenvalue weighted by Crippen LogP contribution is 2.32. The van der Waals surface area contributed by atoms with E-state index in [2.05, 4.69) is 15.2 Å². The van der Waals surface area contributed by atoms with E-state index in [9.17, 15) is 18.0 Å². The summed E-state index contributed by atoms with van der Waals surface area (Å²) in [4.78, 5) is 13.1. The van der Waals surface area contributed by atoms with E-state index in [0.29, 0.717) is 5.82 Å². The molecule has 0 bridgehead atoms. The molecule has 2 aromatic carbocycles. The predicted molar refractivity (Wildman–Crippen MR) is 110 cm³/mol. The minimum atomic E-state index is -3.06. The molecule has 1 amide bonds. The second-order valence-electron chi connectivity index (χ2n) is 6.53. The van der Waals surface area contributed by atoms with Crippen molar-refractivity contribution in [2.45, 2.75) is 6.61 Å². The number of amides is 1. The second kappa shape index (κ2) is 8.88. The van der Waals surface area contributed by atoms with Crippen molar-refractivity contribution >= 4 is 11.6 Å². The van der Waals surface area contributed by atoms with Gasteiger partial charge in [0, 0.05) is 24.1 Å². The number of nitrogens with one attached hydrogen (secondary N) is 1. The molecule has 1 N–H and O–H groups in total. The number of para-hydroxylation sites is 1. The zero-order chi connectivity index (χ0) is 22.7. The first-order chi connectivity index (χ1) is 15.5. The first-order valence-electron chi connectivity index (χ1n) is 9.38. The summed E-state index contributed by atoms with van der Waals surface area (Å²) in [7, 11) is 1.31. The summed E-state index contributed by atoms with van der Waals surface area (Å²) in [5, 5.41) is 6.83. The number of rotatable bonds is 7. The van der Waals surface area contributed by atoms with E-state index in [4.69, 9.17) is 4.74 Å². The lowest BCUT2D eigenvalue weighted by Crippen LogP contribution is -2.16. The SMILES string of the molecule is COc1ccc(NC(=O)c2cnn(-c3ccccc3F)c2-n2cccc2)cc1OC(F)F. The van der Waals surface area contributed by atoms with Crippen molar-refractivity contribution in [3.8, 4) is 23.0 Å². The summed E-state index contributed by atoms with van der Waals surface area (Å²) < 4.78 is 52.2. The molecule has 2 aromatic heterocycles. The third-order valence-corrected chi connectivity index (χ3v) is 4.56. The fraction of sp³-hybridized carbons (Fsp3) is 0.0909. The van der Waals surface area contributed by atoms with Gasteiger partial charge in [-0.3, -0.25) is 4.79 Å². The molecular formula is C22H17F3N4O3. The number of halogens is 3. The third-order valence-electron chi connectivity index (χ3n) is 4.56. The molecule has 164 valence electrons. The molecule has 0 aliphatic carbocycles. The number of carbonyl (C=O) groups is 1. The Balaban J connectivity index is 1.72. The van der Waals surface area contributed by atoms with Crippen LogP contribution in [0.5, 0.6) is 11.5 Å². The van der Waals surface area contributed by atoms with E-state index < -0.39 is 18.3 Å². The number of alkyl halides is 2. The molecule has 4 rings (SSSR count). The van der Waals surface area contributed by atoms with Crippen LogP contribution in [0.3, 0.4) is 0 Å². The molecule has 0 radical (unpaired) electrons. The molecule has 10 heteroatoms. The second-order valence-corrected chi connectivity index (χ2v) is 6.53. The van der Waals surface area contributed by atoms with Crippen molar-refractivity contribution in [2.75, 3.05) is 12.4 Å². The lowest BCUT2D eigenvalue weighted by atomic mass is 10.2. The third kappa shape index (κ3) is 4.15. The molecule has 4 aromatic rings. The summed E-state index contributed by atoms with van der Waals surface area (Å²) in [6, 6.07) is 13.6. The van der Waals surface area contributed by atoms with Gasteiger partial charge in [0.1, 0.15) is 17.1 Å². The maximum Gasteiger partial charge on any atom is 0.387 e. The lowest BCUT2D eigenvalue weighted by Gasteiger charge is -2.13. The summed E-state index contributed by atoms with van der Waals surface area (Å²) in [6.07, 6.45) is 4.68. The van der Waals surface area contributed by atoms with Crippen LogP contribution in [0.2, 0.25) is 0 Å². The number of benzene rings is 2. The smallest absolute Gasteiger partial charge is 0.387 e. The Hall–Kier alpha value is -4.21. The molecule has 32 heavy (non-hydrogen) atoms. The van der Waals surface area contributed by atoms with Crippen molar-refractivity contribution in [3.63, 3.8) is 0 Å². The van der Waals surface area contributed by atoms with E-state index in [1.807, 2.05) is 0 Å². The van der Waals surface area contributed by atoms with Crippen LogP contribution < -0.4 is 14.8 Å². The van der Waals surface area contributed by atoms with Crippen molar-refractivity contribution in [2.24, 2.45) is 0 Å². The highest BCUT2D eigenvalue weighted by atomic mass is 19.3. The topological polar surface area (TPSA) is 70.3 Å². The zero-order valence-electron chi connectivity index (χ0n) is 16.7. The van der Waals surface area contributed by atoms with E-state index in [0.717, 1.165) is 0 Å². The number of nitrogens with zero attached hydrogens (tertiary/aromatic N) is 3. The van der Waals surface area contributed by atoms with Gasteiger partial charge in [-0.2, -0.15) is 13.9 Å². The van der Waals surface area contributed by atoms with Gasteiger partial charge < -0.3 is 19.4 Å². The van der Waals surface area contributed by atoms with Crippen molar-refractivity contribution < 1.29 is 27.4 Å². The van der Waals surface area contributed by atoms with Crippen LogP contribution in [-0.4, -0.2) is 34.0 Å². The molecule has 0 saturated carbocycles. The summed E-state index contributed by atoms with van der Waals surface area (Å²) in [5.41, 5.74) is 0.493. The monoisotopic (exact) mass is 442 g/mol. The Kier molecular flexibility index (Phi) is 5.84. The fourth-order valence-electron chi connectivity index (χ4n) is 3.17. The molecular weight excluding hydrogens is 425 g/mol. The van der Waals surface area contributed by atoms with E-state index >= 15 is 0 Å². The van der Waals surface area contributed by atoms with Crippen LogP contribution in [0.4, 0.5) is 18.9 Å². The minimum Gasteiger partial charge on any atom is -0.493 e. The zero-order valence-corrected chi connectivity index (χ0v) is 16.7. The van der Waals surface area contributed by atoms with E-state index in [-0.39, 0.29) is 28.4 Å². The van der Waals surface area contributed by atoms with Gasteiger partial charge in [0.2, 0.25) is 0 Å². The fourth-order valence-corrected chi connectivity index (χ4v) is 3.17. The molecule has 0 saturated heterocycles. The molecule has 0 aliphatic heterocycles. The number of anilines is 1. The highest BCUT2D eigenvalue weighted by Gasteiger charge is 2.22. The van der Waals surface area contributed by atoms with Gasteiger partial charge in [-0.05, 0) is 36.4 Å². The summed E-state index contributed by atoms with van der Waals surface area (Å²) >= 11 is 0. The molecule has 0 unspecified atom stereocenters. The Morgan fingerprint density at radius 3 is 2.50 bits per heavy atom. The van der Waals surface area contributed by atoms with E-state index in [1.165, 1.54) is 48.3 Å². The highest BCUT2D eigenvalue weighted by molar-refractivity contribution is 6.06. The number of hydrogen-bond donors (Lipinski definition) is 1. The Morgan fingerprint density at radius 2 is 1.81 bits per heavy atom. The molecule has 0 atom stereocenters. The molecule has 0 aliphatic rings. The van der Waals surface area contributed by atoms with Gasteiger partial charge in [-0.25, -0.2) is 9.07 Å². The Labute approximate surface area is 180 Å². The standard InChI is InChI=1S/C22H17F3N4O3/c1-31-18-9-8-14(12-19(18)32-22(24)25)27-20(30)15-13-26-29(17-7-3-2-6-16(17)23)21(15)28-10-4-5-11-28/h2-13,22H,1H3,(H,27,30). The number of ether oxygens (including phenoxy) is 2. The van der Waals surface area contributed by atoms with Gasteiger partial charge in [0.15, 0.2) is 17.3 Å². The average molecular weight is 442 g/mol. The normalized spacial score (nSPS) is 10.9. The van der Waals surface area contributed by atoms with Crippen LogP contribution >= 0.6 is 0 Å². The predicted octanol–water partition coefficient (Wildman–Crippen LogP) is 4.66. The van der Waals surface area contributed by atoms with Crippen molar-refractivity contribution in [3.05, 3.63) is 84.6 Å². The quantitative estimate of drug-likeness (QED) is 0.452. The van der Waals surface area contributed by atoms with Crippen molar-refractivity contribution in [1.82, 2.24) is 14.3 Å². The van der Waals surface area contributed by atoms with Gasteiger partial charge in [0.25, 0.3) is 5.91 Å². The Morgan fingerprint density at radius 1 is 1.06 bits per heavy atom. The average Bonchev–Trinajstić information content (AvgIpc) is 3.43. The number of hydrogen-bond acceptors (Lipinski definition) is 4.